The predicted octanol–water partition coefficient (Wildman–Crippen LogP) is 0.482. The summed E-state index contributed by atoms with van der Waals surface area (Å²) in [6.07, 6.45) is 2.95. The number of carbonyl (C=O) groups is 2. The van der Waals surface area contributed by atoms with Crippen LogP contribution in [0, 0.1) is 0 Å². The van der Waals surface area contributed by atoms with Crippen molar-refractivity contribution in [1.29, 1.82) is 0 Å². The molecule has 0 aliphatic heterocycles. The van der Waals surface area contributed by atoms with Crippen molar-refractivity contribution in [1.82, 2.24) is 36.1 Å². The number of hydrogen-bond donors (Lipinski definition) is 8. The number of nitrogen functional groups attached to an aromatic ring is 3. The number of anilines is 3. The molecular formula is C26H31N13O2S. The number of carbonyl (C=O) groups excluding carboxylic acids is 2. The number of hydrogen-bond acceptors (Lipinski definition) is 13. The van der Waals surface area contributed by atoms with Crippen LogP contribution in [-0.4, -0.2) is 50.7 Å². The second kappa shape index (κ2) is 13.9. The minimum Gasteiger partial charge on any atom is -0.399 e. The standard InChI is InChI=1S/C26H31N13O2S/c27-15-5-8-18(19(11-15)21(28)38-39-31)25(41)33-10-2-1-9-32-24(40)14-3-6-17(7-4-14)42-13-16-12-34-23-20(35-16)22(29)36-26(30)37-23/h3-8,11-12,39H,1-2,9-10,13,27,31H2,(H2,28,38)(H,32,40)(H,33,41)(H4,29,30,34,36,37). The summed E-state index contributed by atoms with van der Waals surface area (Å²) in [7, 11) is 0. The Morgan fingerprint density at radius 3 is 2.31 bits per heavy atom. The van der Waals surface area contributed by atoms with Crippen LogP contribution in [-0.2, 0) is 5.75 Å². The van der Waals surface area contributed by atoms with Gasteiger partial charge in [-0.1, -0.05) is 0 Å². The van der Waals surface area contributed by atoms with E-state index in [2.05, 4.69) is 41.2 Å². The van der Waals surface area contributed by atoms with Gasteiger partial charge in [0.2, 0.25) is 5.95 Å². The van der Waals surface area contributed by atoms with Crippen LogP contribution in [0.15, 0.2) is 58.7 Å². The van der Waals surface area contributed by atoms with Gasteiger partial charge >= 0.3 is 0 Å². The molecule has 42 heavy (non-hydrogen) atoms. The molecule has 15 nitrogen and oxygen atoms in total. The van der Waals surface area contributed by atoms with Crippen molar-refractivity contribution in [3.63, 3.8) is 0 Å². The lowest BCUT2D eigenvalue weighted by Gasteiger charge is -2.11. The van der Waals surface area contributed by atoms with Crippen molar-refractivity contribution >= 4 is 58.0 Å². The summed E-state index contributed by atoms with van der Waals surface area (Å²) in [6.45, 7) is 0.866. The lowest BCUT2D eigenvalue weighted by molar-refractivity contribution is 0.0939. The van der Waals surface area contributed by atoms with E-state index in [4.69, 9.17) is 28.8 Å². The van der Waals surface area contributed by atoms with Crippen molar-refractivity contribution in [3.05, 3.63) is 71.0 Å². The number of hydrazone groups is 1. The smallest absolute Gasteiger partial charge is 0.252 e. The van der Waals surface area contributed by atoms with E-state index < -0.39 is 0 Å². The van der Waals surface area contributed by atoms with E-state index >= 15 is 0 Å². The van der Waals surface area contributed by atoms with Gasteiger partial charge in [-0.2, -0.15) is 9.97 Å². The van der Waals surface area contributed by atoms with Crippen LogP contribution < -0.4 is 44.9 Å². The van der Waals surface area contributed by atoms with Crippen molar-refractivity contribution in [3.8, 4) is 0 Å². The Kier molecular flexibility index (Phi) is 9.85. The minimum absolute atomic E-state index is 0.0379. The Bertz CT molecular complexity index is 1610. The number of thioether (sulfide) groups is 1. The Hall–Kier alpha value is -5.22. The molecule has 4 rings (SSSR count). The molecule has 218 valence electrons. The first-order valence-corrected chi connectivity index (χ1v) is 13.8. The number of amidine groups is 1. The first-order chi connectivity index (χ1) is 20.2. The molecule has 0 saturated heterocycles. The quantitative estimate of drug-likeness (QED) is 0.0213. The van der Waals surface area contributed by atoms with E-state index in [1.165, 1.54) is 0 Å². The molecule has 0 spiro atoms. The van der Waals surface area contributed by atoms with Crippen LogP contribution in [0.4, 0.5) is 17.5 Å². The summed E-state index contributed by atoms with van der Waals surface area (Å²) in [4.78, 5) is 42.8. The molecule has 0 unspecified atom stereocenters. The third-order valence-corrected chi connectivity index (χ3v) is 6.97. The van der Waals surface area contributed by atoms with Gasteiger partial charge in [-0.05, 0) is 55.3 Å². The number of hydrazine groups is 1. The number of rotatable bonds is 12. The van der Waals surface area contributed by atoms with Crippen LogP contribution in [0.5, 0.6) is 0 Å². The van der Waals surface area contributed by atoms with Gasteiger partial charge < -0.3 is 33.6 Å². The second-order valence-electron chi connectivity index (χ2n) is 8.96. The van der Waals surface area contributed by atoms with Crippen molar-refractivity contribution < 1.29 is 9.59 Å². The normalized spacial score (nSPS) is 11.3. The highest BCUT2D eigenvalue weighted by Crippen LogP contribution is 2.24. The van der Waals surface area contributed by atoms with Crippen LogP contribution in [0.25, 0.3) is 11.2 Å². The highest BCUT2D eigenvalue weighted by atomic mass is 32.2. The zero-order valence-corrected chi connectivity index (χ0v) is 23.3. The maximum atomic E-state index is 12.6. The number of fused-ring (bicyclic) bond motifs is 1. The topological polar surface area (TPSA) is 264 Å². The predicted molar refractivity (Wildman–Crippen MR) is 163 cm³/mol. The van der Waals surface area contributed by atoms with Gasteiger partial charge in [0, 0.05) is 40.6 Å². The lowest BCUT2D eigenvalue weighted by Crippen LogP contribution is -2.30. The van der Waals surface area contributed by atoms with E-state index in [-0.39, 0.29) is 29.4 Å². The molecule has 2 amide bonds. The molecule has 2 heterocycles. The number of unbranched alkanes of at least 4 members (excludes halogenated alkanes) is 1. The molecular weight excluding hydrogens is 558 g/mol. The number of benzene rings is 2. The van der Waals surface area contributed by atoms with Crippen LogP contribution in [0.3, 0.4) is 0 Å². The monoisotopic (exact) mass is 589 g/mol. The fourth-order valence-corrected chi connectivity index (χ4v) is 4.65. The molecule has 0 fully saturated rings. The van der Waals surface area contributed by atoms with Crippen LogP contribution in [0.1, 0.15) is 44.8 Å². The molecule has 0 radical (unpaired) electrons. The molecule has 13 N–H and O–H groups in total. The summed E-state index contributed by atoms with van der Waals surface area (Å²) < 4.78 is 0. The molecule has 2 aromatic heterocycles. The fraction of sp³-hybridized carbons (Fsp3) is 0.192. The van der Waals surface area contributed by atoms with Crippen molar-refractivity contribution in [2.24, 2.45) is 16.7 Å². The van der Waals surface area contributed by atoms with Crippen molar-refractivity contribution in [2.45, 2.75) is 23.5 Å². The number of nitrogens with zero attached hydrogens (tertiary/aromatic N) is 5. The molecule has 0 saturated carbocycles. The average molecular weight is 590 g/mol. The maximum absolute atomic E-state index is 12.6. The minimum atomic E-state index is -0.321. The SMILES string of the molecule is NN/N=C(\N)c1cc(N)ccc1C(=O)NCCCCNC(=O)c1ccc(SCc2cnc3nc(N)nc(N)c3n2)cc1. The number of nitrogens with one attached hydrogen (secondary N) is 3. The number of nitrogens with two attached hydrogens (primary N) is 5. The zero-order chi connectivity index (χ0) is 30.1. The Labute approximate surface area is 245 Å². The van der Waals surface area contributed by atoms with Crippen molar-refractivity contribution in [2.75, 3.05) is 30.3 Å². The molecule has 0 atom stereocenters. The average Bonchev–Trinajstić information content (AvgIpc) is 2.98. The summed E-state index contributed by atoms with van der Waals surface area (Å²) in [5, 5.41) is 9.44. The van der Waals surface area contributed by atoms with Gasteiger partial charge in [-0.15, -0.1) is 16.9 Å². The van der Waals surface area contributed by atoms with Gasteiger partial charge in [0.05, 0.1) is 17.5 Å². The molecule has 0 aliphatic carbocycles. The van der Waals surface area contributed by atoms with Gasteiger partial charge in [0.15, 0.2) is 22.8 Å². The van der Waals surface area contributed by atoms with Gasteiger partial charge in [-0.25, -0.2) is 21.3 Å². The fourth-order valence-electron chi connectivity index (χ4n) is 3.86. The largest absolute Gasteiger partial charge is 0.399 e. The van der Waals surface area contributed by atoms with Gasteiger partial charge in [-0.3, -0.25) is 9.59 Å². The number of aromatic nitrogens is 4. The lowest BCUT2D eigenvalue weighted by atomic mass is 10.0. The molecule has 2 aromatic carbocycles. The van der Waals surface area contributed by atoms with E-state index in [1.807, 2.05) is 12.1 Å². The summed E-state index contributed by atoms with van der Waals surface area (Å²) in [5.41, 5.74) is 28.4. The maximum Gasteiger partial charge on any atom is 0.252 e. The highest BCUT2D eigenvalue weighted by molar-refractivity contribution is 7.98. The van der Waals surface area contributed by atoms with Gasteiger partial charge in [0.25, 0.3) is 11.8 Å². The summed E-state index contributed by atoms with van der Waals surface area (Å²) in [5.74, 6) is 5.49. The second-order valence-corrected chi connectivity index (χ2v) is 10.0. The van der Waals surface area contributed by atoms with Crippen LogP contribution in [0.2, 0.25) is 0 Å². The third-order valence-electron chi connectivity index (χ3n) is 5.93. The zero-order valence-electron chi connectivity index (χ0n) is 22.5. The highest BCUT2D eigenvalue weighted by Gasteiger charge is 2.14. The van der Waals surface area contributed by atoms with Crippen LogP contribution >= 0.6 is 11.8 Å². The first-order valence-electron chi connectivity index (χ1n) is 12.8. The van der Waals surface area contributed by atoms with Gasteiger partial charge in [0.1, 0.15) is 0 Å². The van der Waals surface area contributed by atoms with E-state index in [0.29, 0.717) is 70.9 Å². The summed E-state index contributed by atoms with van der Waals surface area (Å²) in [6, 6.07) is 12.0. The molecule has 4 aromatic rings. The first kappa shape index (κ1) is 29.8. The molecule has 0 bridgehead atoms. The van der Waals surface area contributed by atoms with E-state index in [1.54, 1.807) is 48.3 Å². The Balaban J connectivity index is 1.19. The molecule has 0 aliphatic rings. The van der Waals surface area contributed by atoms with E-state index in [0.717, 1.165) is 4.90 Å². The number of amides is 2. The Morgan fingerprint density at radius 2 is 1.60 bits per heavy atom. The van der Waals surface area contributed by atoms with E-state index in [9.17, 15) is 9.59 Å². The molecule has 16 heteroatoms. The summed E-state index contributed by atoms with van der Waals surface area (Å²) >= 11 is 1.54. The third kappa shape index (κ3) is 7.70. The Morgan fingerprint density at radius 1 is 0.881 bits per heavy atom.